The lowest BCUT2D eigenvalue weighted by atomic mass is 10.1. The van der Waals surface area contributed by atoms with Gasteiger partial charge in [0.1, 0.15) is 11.5 Å². The number of para-hydroxylation sites is 1. The fourth-order valence-corrected chi connectivity index (χ4v) is 4.39. The van der Waals surface area contributed by atoms with E-state index in [1.165, 1.54) is 29.5 Å². The SMILES string of the molecule is O=C(CN1CCN(C(=O)c2csc(Nc3ccccc3F)n2)CC1)NCc1cccc(C(F)(F)F)c1. The van der Waals surface area contributed by atoms with Gasteiger partial charge < -0.3 is 15.5 Å². The molecule has 0 unspecified atom stereocenters. The monoisotopic (exact) mass is 521 g/mol. The number of hydrogen-bond donors (Lipinski definition) is 2. The Labute approximate surface area is 208 Å². The number of amides is 2. The largest absolute Gasteiger partial charge is 0.416 e. The molecule has 36 heavy (non-hydrogen) atoms. The average molecular weight is 522 g/mol. The molecule has 1 aliphatic heterocycles. The van der Waals surface area contributed by atoms with Crippen molar-refractivity contribution in [3.8, 4) is 0 Å². The third kappa shape index (κ3) is 6.58. The van der Waals surface area contributed by atoms with E-state index in [-0.39, 0.29) is 36.3 Å². The Morgan fingerprint density at radius 1 is 1.03 bits per heavy atom. The Kier molecular flexibility index (Phi) is 7.85. The molecule has 4 rings (SSSR count). The lowest BCUT2D eigenvalue weighted by molar-refractivity contribution is -0.137. The van der Waals surface area contributed by atoms with Crippen molar-refractivity contribution in [2.24, 2.45) is 0 Å². The van der Waals surface area contributed by atoms with Crippen LogP contribution in [0.4, 0.5) is 28.4 Å². The summed E-state index contributed by atoms with van der Waals surface area (Å²) in [6.07, 6.45) is -4.44. The average Bonchev–Trinajstić information content (AvgIpc) is 3.32. The predicted octanol–water partition coefficient (Wildman–Crippen LogP) is 4.12. The van der Waals surface area contributed by atoms with E-state index in [4.69, 9.17) is 0 Å². The summed E-state index contributed by atoms with van der Waals surface area (Å²) in [5.41, 5.74) is 0.128. The molecule has 12 heteroatoms. The van der Waals surface area contributed by atoms with Crippen LogP contribution in [-0.4, -0.2) is 59.3 Å². The number of anilines is 2. The molecule has 0 saturated carbocycles. The van der Waals surface area contributed by atoms with Gasteiger partial charge in [-0.3, -0.25) is 14.5 Å². The van der Waals surface area contributed by atoms with Crippen molar-refractivity contribution in [3.05, 3.63) is 76.5 Å². The smallest absolute Gasteiger partial charge is 0.351 e. The zero-order chi connectivity index (χ0) is 25.7. The number of carbonyl (C=O) groups excluding carboxylic acids is 2. The number of aromatic nitrogens is 1. The summed E-state index contributed by atoms with van der Waals surface area (Å²) in [5, 5.41) is 7.52. The van der Waals surface area contributed by atoms with E-state index in [2.05, 4.69) is 15.6 Å². The first kappa shape index (κ1) is 25.6. The lowest BCUT2D eigenvalue weighted by Crippen LogP contribution is -2.51. The van der Waals surface area contributed by atoms with Gasteiger partial charge in [0, 0.05) is 38.1 Å². The normalized spacial score (nSPS) is 14.5. The molecule has 1 aliphatic rings. The van der Waals surface area contributed by atoms with Gasteiger partial charge in [-0.05, 0) is 29.8 Å². The van der Waals surface area contributed by atoms with Gasteiger partial charge in [0.2, 0.25) is 5.91 Å². The highest BCUT2D eigenvalue weighted by atomic mass is 32.1. The van der Waals surface area contributed by atoms with E-state index < -0.39 is 17.6 Å². The van der Waals surface area contributed by atoms with Crippen molar-refractivity contribution in [1.29, 1.82) is 0 Å². The molecule has 1 saturated heterocycles. The number of alkyl halides is 3. The van der Waals surface area contributed by atoms with Crippen molar-refractivity contribution in [2.45, 2.75) is 12.7 Å². The van der Waals surface area contributed by atoms with Gasteiger partial charge in [0.25, 0.3) is 5.91 Å². The van der Waals surface area contributed by atoms with Crippen molar-refractivity contribution in [2.75, 3.05) is 38.0 Å². The fourth-order valence-electron chi connectivity index (χ4n) is 3.70. The summed E-state index contributed by atoms with van der Waals surface area (Å²) in [6.45, 7) is 1.80. The zero-order valence-electron chi connectivity index (χ0n) is 19.0. The highest BCUT2D eigenvalue weighted by Crippen LogP contribution is 2.29. The summed E-state index contributed by atoms with van der Waals surface area (Å²) in [6, 6.07) is 11.0. The molecule has 190 valence electrons. The predicted molar refractivity (Wildman–Crippen MR) is 127 cm³/mol. The Bertz CT molecular complexity index is 1220. The van der Waals surface area contributed by atoms with Crippen LogP contribution in [0.3, 0.4) is 0 Å². The minimum Gasteiger partial charge on any atom is -0.351 e. The van der Waals surface area contributed by atoms with Gasteiger partial charge in [-0.15, -0.1) is 11.3 Å². The van der Waals surface area contributed by atoms with Crippen LogP contribution in [0.25, 0.3) is 0 Å². The molecule has 2 heterocycles. The van der Waals surface area contributed by atoms with Gasteiger partial charge in [-0.2, -0.15) is 13.2 Å². The number of halogens is 4. The molecule has 0 radical (unpaired) electrons. The van der Waals surface area contributed by atoms with Gasteiger partial charge in [-0.1, -0.05) is 24.3 Å². The number of nitrogens with zero attached hydrogens (tertiary/aromatic N) is 3. The van der Waals surface area contributed by atoms with E-state index in [9.17, 15) is 27.2 Å². The molecule has 7 nitrogen and oxygen atoms in total. The molecular formula is C24H23F4N5O2S. The Balaban J connectivity index is 1.23. The maximum atomic E-state index is 13.8. The molecule has 0 aliphatic carbocycles. The van der Waals surface area contributed by atoms with Gasteiger partial charge in [-0.25, -0.2) is 9.37 Å². The number of rotatable bonds is 7. The number of carbonyl (C=O) groups is 2. The van der Waals surface area contributed by atoms with E-state index in [1.807, 2.05) is 4.90 Å². The molecule has 1 fully saturated rings. The highest BCUT2D eigenvalue weighted by Gasteiger charge is 2.30. The van der Waals surface area contributed by atoms with Gasteiger partial charge in [0.15, 0.2) is 5.13 Å². The minimum absolute atomic E-state index is 0.00567. The Morgan fingerprint density at radius 2 is 1.78 bits per heavy atom. The quantitative estimate of drug-likeness (QED) is 0.458. The number of thiazole rings is 1. The first-order valence-electron chi connectivity index (χ1n) is 11.1. The van der Waals surface area contributed by atoms with Crippen LogP contribution >= 0.6 is 11.3 Å². The first-order chi connectivity index (χ1) is 17.2. The zero-order valence-corrected chi connectivity index (χ0v) is 19.8. The fraction of sp³-hybridized carbons (Fsp3) is 0.292. The summed E-state index contributed by atoms with van der Waals surface area (Å²) in [4.78, 5) is 32.9. The lowest BCUT2D eigenvalue weighted by Gasteiger charge is -2.33. The molecule has 0 spiro atoms. The summed E-state index contributed by atoms with van der Waals surface area (Å²) >= 11 is 1.20. The van der Waals surface area contributed by atoms with E-state index in [0.29, 0.717) is 36.9 Å². The minimum atomic E-state index is -4.44. The van der Waals surface area contributed by atoms with Gasteiger partial charge in [0.05, 0.1) is 17.8 Å². The second kappa shape index (κ2) is 11.0. The first-order valence-corrected chi connectivity index (χ1v) is 12.0. The topological polar surface area (TPSA) is 77.6 Å². The number of benzene rings is 2. The third-order valence-electron chi connectivity index (χ3n) is 5.61. The molecule has 2 aromatic carbocycles. The van der Waals surface area contributed by atoms with Crippen LogP contribution in [0, 0.1) is 5.82 Å². The van der Waals surface area contributed by atoms with Crippen molar-refractivity contribution >= 4 is 34.0 Å². The van der Waals surface area contributed by atoms with Crippen LogP contribution in [0.2, 0.25) is 0 Å². The van der Waals surface area contributed by atoms with Crippen molar-refractivity contribution in [1.82, 2.24) is 20.1 Å². The molecule has 3 aromatic rings. The van der Waals surface area contributed by atoms with Crippen LogP contribution in [-0.2, 0) is 17.5 Å². The standard InChI is InChI=1S/C24H23F4N5O2S/c25-18-6-1-2-7-19(18)30-23-31-20(15-36-23)22(35)33-10-8-32(9-11-33)14-21(34)29-13-16-4-3-5-17(12-16)24(26,27)28/h1-7,12,15H,8-11,13-14H2,(H,29,34)(H,30,31). The molecule has 2 amide bonds. The number of nitrogens with one attached hydrogen (secondary N) is 2. The molecule has 0 atom stereocenters. The van der Waals surface area contributed by atoms with Gasteiger partial charge >= 0.3 is 6.18 Å². The summed E-state index contributed by atoms with van der Waals surface area (Å²) in [7, 11) is 0. The molecule has 1 aromatic heterocycles. The second-order valence-corrected chi connectivity index (χ2v) is 9.04. The van der Waals surface area contributed by atoms with Crippen LogP contribution in [0.1, 0.15) is 21.6 Å². The highest BCUT2D eigenvalue weighted by molar-refractivity contribution is 7.14. The maximum Gasteiger partial charge on any atom is 0.416 e. The van der Waals surface area contributed by atoms with Crippen molar-refractivity contribution < 1.29 is 27.2 Å². The molecular weight excluding hydrogens is 498 g/mol. The number of hydrogen-bond acceptors (Lipinski definition) is 6. The Morgan fingerprint density at radius 3 is 2.50 bits per heavy atom. The van der Waals surface area contributed by atoms with Crippen molar-refractivity contribution in [3.63, 3.8) is 0 Å². The molecule has 2 N–H and O–H groups in total. The number of piperazine rings is 1. The maximum absolute atomic E-state index is 13.8. The second-order valence-electron chi connectivity index (χ2n) is 8.19. The van der Waals surface area contributed by atoms with Crippen LogP contribution < -0.4 is 10.6 Å². The van der Waals surface area contributed by atoms with E-state index in [1.54, 1.807) is 28.5 Å². The van der Waals surface area contributed by atoms with Crippen LogP contribution in [0.15, 0.2) is 53.9 Å². The summed E-state index contributed by atoms with van der Waals surface area (Å²) < 4.78 is 52.3. The summed E-state index contributed by atoms with van der Waals surface area (Å²) in [5.74, 6) is -0.979. The molecule has 0 bridgehead atoms. The van der Waals surface area contributed by atoms with E-state index >= 15 is 0 Å². The van der Waals surface area contributed by atoms with Crippen LogP contribution in [0.5, 0.6) is 0 Å². The third-order valence-corrected chi connectivity index (χ3v) is 6.37. The van der Waals surface area contributed by atoms with E-state index in [0.717, 1.165) is 12.1 Å². The Hall–Kier alpha value is -3.51.